The van der Waals surface area contributed by atoms with E-state index in [0.29, 0.717) is 18.1 Å². The van der Waals surface area contributed by atoms with E-state index in [1.807, 2.05) is 22.2 Å². The van der Waals surface area contributed by atoms with Crippen LogP contribution < -0.4 is 0 Å². The highest BCUT2D eigenvalue weighted by atomic mass is 32.1. The molecule has 0 amide bonds. The first-order valence-electron chi connectivity index (χ1n) is 6.77. The van der Waals surface area contributed by atoms with Crippen molar-refractivity contribution >= 4 is 22.1 Å². The molecule has 3 nitrogen and oxygen atoms in total. The Hall–Kier alpha value is -1.16. The van der Waals surface area contributed by atoms with Crippen molar-refractivity contribution in [1.82, 2.24) is 9.38 Å². The largest absolute Gasteiger partial charge is 0.299 e. The molecule has 18 heavy (non-hydrogen) atoms. The number of Topliss-reactive ketones (excluding diaryl/α,β-unsaturated/α-hetero) is 1. The summed E-state index contributed by atoms with van der Waals surface area (Å²) in [6, 6.07) is 0. The highest BCUT2D eigenvalue weighted by molar-refractivity contribution is 7.15. The van der Waals surface area contributed by atoms with Crippen molar-refractivity contribution in [3.05, 3.63) is 23.5 Å². The number of rotatable bonds is 3. The van der Waals surface area contributed by atoms with Gasteiger partial charge in [-0.2, -0.15) is 0 Å². The Kier molecular flexibility index (Phi) is 2.34. The Bertz CT molecular complexity index is 559. The number of fused-ring (bicyclic) bond motifs is 2. The average molecular weight is 260 g/mol. The molecule has 2 aromatic heterocycles. The SMILES string of the molecule is O=C(Cc1cn2ccsc2n1)C1C2CCCCC21. The fourth-order valence-electron chi connectivity index (χ4n) is 3.63. The summed E-state index contributed by atoms with van der Waals surface area (Å²) in [6.45, 7) is 0. The summed E-state index contributed by atoms with van der Waals surface area (Å²) in [5.74, 6) is 2.23. The lowest BCUT2D eigenvalue weighted by Gasteiger charge is -2.04. The van der Waals surface area contributed by atoms with Gasteiger partial charge in [0.25, 0.3) is 0 Å². The zero-order valence-corrected chi connectivity index (χ0v) is 11.0. The van der Waals surface area contributed by atoms with Crippen LogP contribution in [0.25, 0.3) is 4.96 Å². The van der Waals surface area contributed by atoms with Crippen LogP contribution in [0.4, 0.5) is 0 Å². The van der Waals surface area contributed by atoms with Gasteiger partial charge in [-0.15, -0.1) is 11.3 Å². The van der Waals surface area contributed by atoms with Crippen LogP contribution in [0.3, 0.4) is 0 Å². The zero-order chi connectivity index (χ0) is 12.1. The third kappa shape index (κ3) is 1.62. The van der Waals surface area contributed by atoms with Crippen LogP contribution in [0.15, 0.2) is 17.8 Å². The van der Waals surface area contributed by atoms with E-state index in [9.17, 15) is 4.79 Å². The molecule has 2 aliphatic rings. The second-order valence-corrected chi connectivity index (χ2v) is 6.48. The average Bonchev–Trinajstić information content (AvgIpc) is 2.73. The second kappa shape index (κ2) is 3.92. The quantitative estimate of drug-likeness (QED) is 0.850. The predicted molar refractivity (Wildman–Crippen MR) is 70.7 cm³/mol. The number of imidazole rings is 1. The third-order valence-corrected chi connectivity index (χ3v) is 5.30. The number of nitrogens with zero attached hydrogens (tertiary/aromatic N) is 2. The standard InChI is InChI=1S/C14H16N2OS/c17-12(13-10-3-1-2-4-11(10)13)7-9-8-16-5-6-18-14(16)15-9/h5-6,8,10-11,13H,1-4,7H2. The molecule has 4 rings (SSSR count). The smallest absolute Gasteiger partial charge is 0.193 e. The van der Waals surface area contributed by atoms with Gasteiger partial charge in [0.1, 0.15) is 5.78 Å². The maximum atomic E-state index is 12.3. The summed E-state index contributed by atoms with van der Waals surface area (Å²) < 4.78 is 2.01. The Morgan fingerprint density at radius 1 is 1.39 bits per heavy atom. The lowest BCUT2D eigenvalue weighted by Crippen LogP contribution is -2.07. The molecule has 0 bridgehead atoms. The van der Waals surface area contributed by atoms with Gasteiger partial charge in [-0.3, -0.25) is 9.20 Å². The van der Waals surface area contributed by atoms with Crippen molar-refractivity contribution in [2.75, 3.05) is 0 Å². The van der Waals surface area contributed by atoms with Gasteiger partial charge in [-0.25, -0.2) is 4.98 Å². The summed E-state index contributed by atoms with van der Waals surface area (Å²) >= 11 is 1.62. The first-order chi connectivity index (χ1) is 8.83. The normalized spacial score (nSPS) is 30.3. The van der Waals surface area contributed by atoms with Crippen LogP contribution in [-0.4, -0.2) is 15.2 Å². The van der Waals surface area contributed by atoms with E-state index in [0.717, 1.165) is 22.5 Å². The van der Waals surface area contributed by atoms with E-state index in [-0.39, 0.29) is 0 Å². The second-order valence-electron chi connectivity index (χ2n) is 5.61. The van der Waals surface area contributed by atoms with Gasteiger partial charge in [0.05, 0.1) is 12.1 Å². The molecule has 0 spiro atoms. The van der Waals surface area contributed by atoms with Gasteiger partial charge in [0, 0.05) is 23.7 Å². The molecule has 2 atom stereocenters. The minimum atomic E-state index is 0.368. The van der Waals surface area contributed by atoms with Crippen LogP contribution in [-0.2, 0) is 11.2 Å². The number of carbonyl (C=O) groups excluding carboxylic acids is 1. The fourth-order valence-corrected chi connectivity index (χ4v) is 4.35. The Balaban J connectivity index is 1.48. The maximum absolute atomic E-state index is 12.3. The van der Waals surface area contributed by atoms with Crippen LogP contribution in [0.5, 0.6) is 0 Å². The predicted octanol–water partition coefficient (Wildman–Crippen LogP) is 2.94. The van der Waals surface area contributed by atoms with E-state index in [2.05, 4.69) is 4.98 Å². The van der Waals surface area contributed by atoms with Crippen LogP contribution >= 0.6 is 11.3 Å². The third-order valence-electron chi connectivity index (χ3n) is 4.53. The topological polar surface area (TPSA) is 34.4 Å². The van der Waals surface area contributed by atoms with Crippen molar-refractivity contribution in [2.45, 2.75) is 32.1 Å². The van der Waals surface area contributed by atoms with E-state index in [4.69, 9.17) is 0 Å². The van der Waals surface area contributed by atoms with Gasteiger partial charge in [-0.05, 0) is 24.7 Å². The van der Waals surface area contributed by atoms with Gasteiger partial charge < -0.3 is 0 Å². The maximum Gasteiger partial charge on any atom is 0.193 e. The van der Waals surface area contributed by atoms with Crippen molar-refractivity contribution in [1.29, 1.82) is 0 Å². The minimum Gasteiger partial charge on any atom is -0.299 e. The molecule has 0 radical (unpaired) electrons. The Labute approximate surface area is 110 Å². The van der Waals surface area contributed by atoms with Gasteiger partial charge in [-0.1, -0.05) is 12.8 Å². The summed E-state index contributed by atoms with van der Waals surface area (Å²) in [6.07, 6.45) is 9.73. The Morgan fingerprint density at radius 2 is 2.17 bits per heavy atom. The zero-order valence-electron chi connectivity index (χ0n) is 10.2. The number of aromatic nitrogens is 2. The molecule has 2 aromatic rings. The van der Waals surface area contributed by atoms with E-state index < -0.39 is 0 Å². The molecular formula is C14H16N2OS. The molecule has 2 unspecified atom stereocenters. The molecular weight excluding hydrogens is 244 g/mol. The molecule has 2 aliphatic carbocycles. The number of hydrogen-bond donors (Lipinski definition) is 0. The van der Waals surface area contributed by atoms with Gasteiger partial charge in [0.2, 0.25) is 0 Å². The first-order valence-corrected chi connectivity index (χ1v) is 7.65. The fraction of sp³-hybridized carbons (Fsp3) is 0.571. The lowest BCUT2D eigenvalue weighted by atomic mass is 10.0. The lowest BCUT2D eigenvalue weighted by molar-refractivity contribution is -0.120. The van der Waals surface area contributed by atoms with E-state index in [1.165, 1.54) is 25.7 Å². The van der Waals surface area contributed by atoms with E-state index >= 15 is 0 Å². The monoisotopic (exact) mass is 260 g/mol. The minimum absolute atomic E-state index is 0.368. The van der Waals surface area contributed by atoms with Crippen LogP contribution in [0, 0.1) is 17.8 Å². The van der Waals surface area contributed by atoms with Crippen LogP contribution in [0.1, 0.15) is 31.4 Å². The summed E-state index contributed by atoms with van der Waals surface area (Å²) in [4.78, 5) is 17.8. The molecule has 4 heteroatoms. The van der Waals surface area contributed by atoms with Crippen molar-refractivity contribution in [3.8, 4) is 0 Å². The number of hydrogen-bond acceptors (Lipinski definition) is 3. The number of ketones is 1. The molecule has 0 saturated heterocycles. The van der Waals surface area contributed by atoms with Crippen molar-refractivity contribution < 1.29 is 4.79 Å². The van der Waals surface area contributed by atoms with E-state index in [1.54, 1.807) is 11.3 Å². The molecule has 2 heterocycles. The summed E-state index contributed by atoms with van der Waals surface area (Å²) in [5, 5.41) is 2.02. The molecule has 0 aliphatic heterocycles. The van der Waals surface area contributed by atoms with Gasteiger partial charge >= 0.3 is 0 Å². The van der Waals surface area contributed by atoms with Crippen LogP contribution in [0.2, 0.25) is 0 Å². The Morgan fingerprint density at radius 3 is 2.89 bits per heavy atom. The molecule has 2 fully saturated rings. The first kappa shape index (κ1) is 10.7. The summed E-state index contributed by atoms with van der Waals surface area (Å²) in [7, 11) is 0. The molecule has 0 N–H and O–H groups in total. The molecule has 94 valence electrons. The van der Waals surface area contributed by atoms with Crippen molar-refractivity contribution in [3.63, 3.8) is 0 Å². The molecule has 2 saturated carbocycles. The van der Waals surface area contributed by atoms with Crippen molar-refractivity contribution in [2.24, 2.45) is 17.8 Å². The van der Waals surface area contributed by atoms with Gasteiger partial charge in [0.15, 0.2) is 4.96 Å². The summed E-state index contributed by atoms with van der Waals surface area (Å²) in [5.41, 5.74) is 0.940. The number of thiazole rings is 1. The highest BCUT2D eigenvalue weighted by Gasteiger charge is 2.54. The number of carbonyl (C=O) groups is 1. The highest BCUT2D eigenvalue weighted by Crippen LogP contribution is 2.55. The molecule has 0 aromatic carbocycles.